The summed E-state index contributed by atoms with van der Waals surface area (Å²) in [5, 5.41) is 8.51. The molecule has 1 aliphatic heterocycles. The number of carbonyl (C=O) groups is 1. The Morgan fingerprint density at radius 2 is 2.00 bits per heavy atom. The van der Waals surface area contributed by atoms with Gasteiger partial charge < -0.3 is 5.32 Å². The second kappa shape index (κ2) is 6.82. The number of rotatable bonds is 2. The van der Waals surface area contributed by atoms with Gasteiger partial charge in [-0.25, -0.2) is 4.68 Å². The summed E-state index contributed by atoms with van der Waals surface area (Å²) in [7, 11) is 0. The van der Waals surface area contributed by atoms with Gasteiger partial charge in [-0.1, -0.05) is 41.9 Å². The second-order valence-electron chi connectivity index (χ2n) is 6.34. The molecule has 2 heterocycles. The first kappa shape index (κ1) is 17.2. The smallest absolute Gasteiger partial charge is 0.235 e. The first-order valence-corrected chi connectivity index (χ1v) is 9.79. The number of anilines is 1. The van der Waals surface area contributed by atoms with Crippen LogP contribution in [0.5, 0.6) is 0 Å². The zero-order valence-corrected chi connectivity index (χ0v) is 16.1. The van der Waals surface area contributed by atoms with Gasteiger partial charge in [-0.2, -0.15) is 5.10 Å². The summed E-state index contributed by atoms with van der Waals surface area (Å²) in [5.41, 5.74) is 5.08. The number of aromatic nitrogens is 2. The molecule has 0 fully saturated rings. The Labute approximate surface area is 161 Å². The topological polar surface area (TPSA) is 46.9 Å². The van der Waals surface area contributed by atoms with E-state index in [2.05, 4.69) is 5.32 Å². The largest absolute Gasteiger partial charge is 0.310 e. The number of nitrogens with one attached hydrogen (secondary N) is 1. The Morgan fingerprint density at radius 1 is 1.19 bits per heavy atom. The maximum absolute atomic E-state index is 12.4. The molecule has 4 nitrogen and oxygen atoms in total. The van der Waals surface area contributed by atoms with Crippen molar-refractivity contribution in [3.05, 3.63) is 75.9 Å². The Bertz CT molecular complexity index is 998. The standard InChI is InChI=1S/C20H18ClN3OS/c1-12-6-3-4-9-16(12)24-20-18(13(2)23-24)19(26-11-17(25)22-20)14-7-5-8-15(21)10-14/h3-10,19H,11H2,1-2H3,(H,22,25)/t19-/m1/s1. The number of aryl methyl sites for hydroxylation is 2. The molecule has 1 aromatic heterocycles. The lowest BCUT2D eigenvalue weighted by Gasteiger charge is -2.16. The monoisotopic (exact) mass is 383 g/mol. The van der Waals surface area contributed by atoms with Crippen LogP contribution in [-0.2, 0) is 4.79 Å². The highest BCUT2D eigenvalue weighted by Gasteiger charge is 2.30. The van der Waals surface area contributed by atoms with E-state index in [1.165, 1.54) is 0 Å². The fraction of sp³-hybridized carbons (Fsp3) is 0.200. The first-order chi connectivity index (χ1) is 12.5. The van der Waals surface area contributed by atoms with E-state index in [9.17, 15) is 4.79 Å². The molecular weight excluding hydrogens is 366 g/mol. The second-order valence-corrected chi connectivity index (χ2v) is 7.87. The van der Waals surface area contributed by atoms with E-state index >= 15 is 0 Å². The minimum Gasteiger partial charge on any atom is -0.310 e. The summed E-state index contributed by atoms with van der Waals surface area (Å²) >= 11 is 7.81. The van der Waals surface area contributed by atoms with Crippen LogP contribution in [0, 0.1) is 13.8 Å². The zero-order chi connectivity index (χ0) is 18.3. The summed E-state index contributed by atoms with van der Waals surface area (Å²) in [5.74, 6) is 1.12. The third-order valence-corrected chi connectivity index (χ3v) is 6.01. The van der Waals surface area contributed by atoms with Crippen molar-refractivity contribution >= 4 is 35.1 Å². The van der Waals surface area contributed by atoms with Gasteiger partial charge in [0.25, 0.3) is 0 Å². The summed E-state index contributed by atoms with van der Waals surface area (Å²) in [6.45, 7) is 4.03. The number of halogens is 1. The molecule has 1 atom stereocenters. The number of nitrogens with zero attached hydrogens (tertiary/aromatic N) is 2. The van der Waals surface area contributed by atoms with Crippen molar-refractivity contribution in [2.75, 3.05) is 11.1 Å². The molecule has 4 rings (SSSR count). The number of carbonyl (C=O) groups excluding carboxylic acids is 1. The molecule has 2 aromatic carbocycles. The summed E-state index contributed by atoms with van der Waals surface area (Å²) in [6.07, 6.45) is 0. The molecule has 1 N–H and O–H groups in total. The predicted molar refractivity (Wildman–Crippen MR) is 107 cm³/mol. The highest BCUT2D eigenvalue weighted by Crippen LogP contribution is 2.44. The molecule has 6 heteroatoms. The number of hydrogen-bond donors (Lipinski definition) is 1. The minimum absolute atomic E-state index is 0.000387. The van der Waals surface area contributed by atoms with Crippen LogP contribution in [0.2, 0.25) is 5.02 Å². The van der Waals surface area contributed by atoms with Crippen molar-refractivity contribution in [1.82, 2.24) is 9.78 Å². The number of hydrogen-bond acceptors (Lipinski definition) is 3. The van der Waals surface area contributed by atoms with E-state index in [4.69, 9.17) is 16.7 Å². The van der Waals surface area contributed by atoms with Gasteiger partial charge in [-0.3, -0.25) is 4.79 Å². The maximum atomic E-state index is 12.4. The quantitative estimate of drug-likeness (QED) is 0.683. The van der Waals surface area contributed by atoms with Crippen LogP contribution in [0.1, 0.15) is 27.6 Å². The van der Waals surface area contributed by atoms with E-state index in [-0.39, 0.29) is 11.2 Å². The lowest BCUT2D eigenvalue weighted by molar-refractivity contribution is -0.113. The lowest BCUT2D eigenvalue weighted by Crippen LogP contribution is -2.16. The van der Waals surface area contributed by atoms with Gasteiger partial charge in [0.1, 0.15) is 5.82 Å². The average molecular weight is 384 g/mol. The van der Waals surface area contributed by atoms with Gasteiger partial charge in [0.05, 0.1) is 22.4 Å². The van der Waals surface area contributed by atoms with Crippen LogP contribution >= 0.6 is 23.4 Å². The molecule has 132 valence electrons. The SMILES string of the molecule is Cc1ccccc1-n1nc(C)c2c1NC(=O)CS[C@@H]2c1cccc(Cl)c1. The normalized spacial score (nSPS) is 16.7. The van der Waals surface area contributed by atoms with Gasteiger partial charge in [0.15, 0.2) is 0 Å². The Balaban J connectivity index is 1.92. The molecule has 26 heavy (non-hydrogen) atoms. The molecule has 1 aliphatic rings. The van der Waals surface area contributed by atoms with Crippen LogP contribution in [0.25, 0.3) is 5.69 Å². The highest BCUT2D eigenvalue weighted by atomic mass is 35.5. The zero-order valence-electron chi connectivity index (χ0n) is 14.5. The van der Waals surface area contributed by atoms with Gasteiger partial charge in [0, 0.05) is 10.6 Å². The van der Waals surface area contributed by atoms with Crippen molar-refractivity contribution in [1.29, 1.82) is 0 Å². The molecule has 1 amide bonds. The summed E-state index contributed by atoms with van der Waals surface area (Å²) in [4.78, 5) is 12.4. The summed E-state index contributed by atoms with van der Waals surface area (Å²) in [6, 6.07) is 15.8. The molecule has 0 saturated heterocycles. The van der Waals surface area contributed by atoms with Crippen LogP contribution < -0.4 is 5.32 Å². The third-order valence-electron chi connectivity index (χ3n) is 4.50. The number of para-hydroxylation sites is 1. The number of fused-ring (bicyclic) bond motifs is 1. The predicted octanol–water partition coefficient (Wildman–Crippen LogP) is 4.92. The van der Waals surface area contributed by atoms with Gasteiger partial charge in [-0.05, 0) is 43.2 Å². The number of benzene rings is 2. The van der Waals surface area contributed by atoms with Crippen LogP contribution in [0.3, 0.4) is 0 Å². The lowest BCUT2D eigenvalue weighted by atomic mass is 10.0. The van der Waals surface area contributed by atoms with Crippen molar-refractivity contribution in [2.45, 2.75) is 19.1 Å². The molecule has 0 saturated carbocycles. The van der Waals surface area contributed by atoms with Gasteiger partial charge >= 0.3 is 0 Å². The van der Waals surface area contributed by atoms with Gasteiger partial charge in [-0.15, -0.1) is 11.8 Å². The van der Waals surface area contributed by atoms with E-state index in [1.54, 1.807) is 11.8 Å². The molecule has 0 unspecified atom stereocenters. The Hall–Kier alpha value is -2.24. The number of amides is 1. The third kappa shape index (κ3) is 3.02. The molecule has 0 spiro atoms. The molecule has 0 radical (unpaired) electrons. The fourth-order valence-electron chi connectivity index (χ4n) is 3.29. The average Bonchev–Trinajstić information content (AvgIpc) is 2.82. The van der Waals surface area contributed by atoms with E-state index in [1.807, 2.05) is 67.1 Å². The molecule has 3 aromatic rings. The maximum Gasteiger partial charge on any atom is 0.235 e. The van der Waals surface area contributed by atoms with Crippen molar-refractivity contribution in [2.24, 2.45) is 0 Å². The van der Waals surface area contributed by atoms with E-state index < -0.39 is 0 Å². The van der Waals surface area contributed by atoms with Crippen molar-refractivity contribution in [3.8, 4) is 5.69 Å². The molecular formula is C20H18ClN3OS. The van der Waals surface area contributed by atoms with Crippen molar-refractivity contribution < 1.29 is 4.79 Å². The van der Waals surface area contributed by atoms with Crippen LogP contribution in [-0.4, -0.2) is 21.4 Å². The molecule has 0 bridgehead atoms. The Kier molecular flexibility index (Phi) is 4.51. The number of thioether (sulfide) groups is 1. The minimum atomic E-state index is -0.0180. The fourth-order valence-corrected chi connectivity index (χ4v) is 4.67. The Morgan fingerprint density at radius 3 is 2.77 bits per heavy atom. The van der Waals surface area contributed by atoms with E-state index in [0.717, 1.165) is 33.9 Å². The first-order valence-electron chi connectivity index (χ1n) is 8.37. The van der Waals surface area contributed by atoms with Crippen molar-refractivity contribution in [3.63, 3.8) is 0 Å². The summed E-state index contributed by atoms with van der Waals surface area (Å²) < 4.78 is 1.85. The highest BCUT2D eigenvalue weighted by molar-refractivity contribution is 8.00. The van der Waals surface area contributed by atoms with Crippen LogP contribution in [0.15, 0.2) is 48.5 Å². The van der Waals surface area contributed by atoms with E-state index in [0.29, 0.717) is 10.8 Å². The van der Waals surface area contributed by atoms with Crippen LogP contribution in [0.4, 0.5) is 5.82 Å². The molecule has 0 aliphatic carbocycles. The van der Waals surface area contributed by atoms with Gasteiger partial charge in [0.2, 0.25) is 5.91 Å².